The van der Waals surface area contributed by atoms with Crippen LogP contribution in [0.3, 0.4) is 0 Å². The first-order valence-corrected chi connectivity index (χ1v) is 20.5. The van der Waals surface area contributed by atoms with Gasteiger partial charge in [0.2, 0.25) is 0 Å². The van der Waals surface area contributed by atoms with Gasteiger partial charge in [-0.3, -0.25) is 14.4 Å². The van der Waals surface area contributed by atoms with Gasteiger partial charge in [0.25, 0.3) is 0 Å². The van der Waals surface area contributed by atoms with Crippen molar-refractivity contribution in [2.45, 2.75) is 90.2 Å². The summed E-state index contributed by atoms with van der Waals surface area (Å²) in [6, 6.07) is 44.4. The highest BCUT2D eigenvalue weighted by Gasteiger charge is 2.22. The van der Waals surface area contributed by atoms with Crippen molar-refractivity contribution in [1.82, 2.24) is 0 Å². The van der Waals surface area contributed by atoms with Crippen LogP contribution in [0.5, 0.6) is 0 Å². The summed E-state index contributed by atoms with van der Waals surface area (Å²) in [7, 11) is 0. The summed E-state index contributed by atoms with van der Waals surface area (Å²) in [5.74, 6) is -2.70. The lowest BCUT2D eigenvalue weighted by atomic mass is 9.89. The molecule has 0 saturated heterocycles. The Hall–Kier alpha value is -5.22. The number of carboxylic acids is 3. The predicted octanol–water partition coefficient (Wildman–Crippen LogP) is 11.6. The molecule has 0 bridgehead atoms. The van der Waals surface area contributed by atoms with Crippen LogP contribution in [0.15, 0.2) is 139 Å². The lowest BCUT2D eigenvalue weighted by molar-refractivity contribution is -0.137. The number of carboxylic acid groups (broad SMARTS) is 3. The number of aliphatic carboxylic acids is 3. The number of hydrogen-bond acceptors (Lipinski definition) is 6. The van der Waals surface area contributed by atoms with Crippen molar-refractivity contribution in [2.75, 3.05) is 0 Å². The number of carbonyl (C=O) groups is 3. The first kappa shape index (κ1) is 44.5. The van der Waals surface area contributed by atoms with E-state index in [0.29, 0.717) is 11.1 Å². The normalized spacial score (nSPS) is 10.4. The first-order valence-electron chi connectivity index (χ1n) is 18.1. The topological polar surface area (TPSA) is 112 Å². The maximum absolute atomic E-state index is 11.4. The molecule has 0 saturated carbocycles. The molecule has 9 heteroatoms. The highest BCUT2D eigenvalue weighted by Crippen LogP contribution is 2.41. The van der Waals surface area contributed by atoms with Gasteiger partial charge in [-0.1, -0.05) is 95.9 Å². The van der Waals surface area contributed by atoms with E-state index in [2.05, 4.69) is 75.4 Å². The smallest absolute Gasteiger partial charge is 0.307 e. The first-order chi connectivity index (χ1) is 27.2. The minimum absolute atomic E-state index is 0.0746. The summed E-state index contributed by atoms with van der Waals surface area (Å²) < 4.78 is 0. The van der Waals surface area contributed by atoms with Crippen LogP contribution in [0.4, 0.5) is 0 Å². The Bertz CT molecular complexity index is 2240. The van der Waals surface area contributed by atoms with Crippen LogP contribution in [-0.4, -0.2) is 33.2 Å². The van der Waals surface area contributed by atoms with E-state index < -0.39 is 17.9 Å². The Morgan fingerprint density at radius 1 is 0.421 bits per heavy atom. The molecule has 3 N–H and O–H groups in total. The van der Waals surface area contributed by atoms with Gasteiger partial charge in [0.1, 0.15) is 0 Å². The van der Waals surface area contributed by atoms with Crippen LogP contribution in [0.1, 0.15) is 50.1 Å². The van der Waals surface area contributed by atoms with Crippen LogP contribution >= 0.6 is 35.3 Å². The van der Waals surface area contributed by atoms with Gasteiger partial charge >= 0.3 is 17.9 Å². The Balaban J connectivity index is 0.000000204. The molecule has 6 rings (SSSR count). The molecule has 0 amide bonds. The average molecular weight is 814 g/mol. The van der Waals surface area contributed by atoms with Crippen LogP contribution in [-0.2, 0) is 33.6 Å². The van der Waals surface area contributed by atoms with Crippen molar-refractivity contribution in [3.63, 3.8) is 0 Å². The van der Waals surface area contributed by atoms with Gasteiger partial charge in [-0.25, -0.2) is 0 Å². The number of aryl methyl sites for hydroxylation is 2. The van der Waals surface area contributed by atoms with E-state index in [1.165, 1.54) is 31.4 Å². The Morgan fingerprint density at radius 2 is 0.807 bits per heavy atom. The summed E-state index contributed by atoms with van der Waals surface area (Å²) in [5, 5.41) is 27.3. The number of benzene rings is 6. The summed E-state index contributed by atoms with van der Waals surface area (Å²) in [5.41, 5.74) is 8.42. The fourth-order valence-corrected chi connectivity index (χ4v) is 8.79. The number of rotatable bonds is 12. The summed E-state index contributed by atoms with van der Waals surface area (Å²) in [6.07, 6.45) is -0.260. The summed E-state index contributed by atoms with van der Waals surface area (Å²) in [4.78, 5) is 40.2. The van der Waals surface area contributed by atoms with Crippen molar-refractivity contribution in [1.29, 1.82) is 0 Å². The third-order valence-electron chi connectivity index (χ3n) is 9.06. The zero-order valence-electron chi connectivity index (χ0n) is 32.8. The molecule has 6 aromatic rings. The van der Waals surface area contributed by atoms with Crippen LogP contribution < -0.4 is 0 Å². The van der Waals surface area contributed by atoms with Crippen LogP contribution in [0, 0.1) is 59.7 Å². The molecule has 0 unspecified atom stereocenters. The molecule has 0 aliphatic heterocycles. The van der Waals surface area contributed by atoms with Gasteiger partial charge in [0.05, 0.1) is 19.3 Å². The van der Waals surface area contributed by atoms with E-state index >= 15 is 0 Å². The molecule has 0 fully saturated rings. The predicted molar refractivity (Wildman–Crippen MR) is 230 cm³/mol. The fraction of sp³-hybridized carbons (Fsp3) is 0.188. The lowest BCUT2D eigenvalue weighted by Crippen LogP contribution is -2.13. The van der Waals surface area contributed by atoms with Crippen LogP contribution in [0.2, 0.25) is 0 Å². The Kier molecular flexibility index (Phi) is 17.1. The third-order valence-corrected chi connectivity index (χ3v) is 12.7. The number of hydrogen-bond donors (Lipinski definition) is 3. The SMILES string of the molecule is Cc1ccc(C)c(Sc2c(C)c(C)c(CC(=O)O)c(CC(=O)O)c2C)c1C.O=C(O)Cc1ccc(Sc2cc[c]cc2)cc1.[c]1ccc(Sc2cc[c]cc2)cc1. The molecule has 3 radical (unpaired) electrons. The molecular formula is C48H45O6S3. The van der Waals surface area contributed by atoms with Crippen molar-refractivity contribution >= 4 is 53.2 Å². The standard InChI is InChI=1S/C22H26O4S.C14H11O2S.C12H8S/c1-11-7-8-12(2)21(13(11)3)27-22-15(5)14(4)17(9-19(23)24)18(16(22)6)10-20(25)26;15-14(16)10-11-6-8-13(9-7-11)17-12-4-2-1-3-5-12;1-3-7-11(8-4-1)13-12-9-5-2-6-10-12/h7-8H,9-10H2,1-6H3,(H,23,24)(H,25,26);2-9H,10H2,(H,15,16);3-10H. The molecule has 6 nitrogen and oxygen atoms in total. The van der Waals surface area contributed by atoms with E-state index in [4.69, 9.17) is 5.11 Å². The van der Waals surface area contributed by atoms with E-state index in [1.807, 2.05) is 93.6 Å². The lowest BCUT2D eigenvalue weighted by Gasteiger charge is -2.22. The molecule has 0 aromatic heterocycles. The summed E-state index contributed by atoms with van der Waals surface area (Å²) in [6.45, 7) is 12.0. The average Bonchev–Trinajstić information content (AvgIpc) is 3.19. The Morgan fingerprint density at radius 3 is 1.23 bits per heavy atom. The fourth-order valence-electron chi connectivity index (χ4n) is 5.83. The van der Waals surface area contributed by atoms with Crippen molar-refractivity contribution in [2.24, 2.45) is 0 Å². The van der Waals surface area contributed by atoms with E-state index in [-0.39, 0.29) is 19.3 Å². The molecule has 0 aliphatic rings. The molecule has 0 atom stereocenters. The molecule has 6 aromatic carbocycles. The second kappa shape index (κ2) is 21.9. The van der Waals surface area contributed by atoms with Gasteiger partial charge in [-0.05, 0) is 158 Å². The second-order valence-electron chi connectivity index (χ2n) is 13.2. The minimum Gasteiger partial charge on any atom is -0.481 e. The largest absolute Gasteiger partial charge is 0.481 e. The second-order valence-corrected chi connectivity index (χ2v) is 16.5. The molecule has 0 spiro atoms. The van der Waals surface area contributed by atoms with Crippen molar-refractivity contribution < 1.29 is 29.7 Å². The van der Waals surface area contributed by atoms with Gasteiger partial charge in [0.15, 0.2) is 0 Å². The maximum atomic E-state index is 11.4. The summed E-state index contributed by atoms with van der Waals surface area (Å²) >= 11 is 5.05. The minimum atomic E-state index is -0.952. The zero-order chi connectivity index (χ0) is 41.5. The zero-order valence-corrected chi connectivity index (χ0v) is 35.3. The molecule has 291 valence electrons. The molecule has 57 heavy (non-hydrogen) atoms. The van der Waals surface area contributed by atoms with Crippen molar-refractivity contribution in [3.05, 3.63) is 177 Å². The van der Waals surface area contributed by atoms with Crippen LogP contribution in [0.25, 0.3) is 0 Å². The third kappa shape index (κ3) is 13.7. The quantitative estimate of drug-likeness (QED) is 0.111. The Labute approximate surface area is 348 Å². The molecular weight excluding hydrogens is 769 g/mol. The highest BCUT2D eigenvalue weighted by atomic mass is 32.2. The van der Waals surface area contributed by atoms with Gasteiger partial charge in [0, 0.05) is 29.4 Å². The van der Waals surface area contributed by atoms with E-state index in [9.17, 15) is 24.6 Å². The van der Waals surface area contributed by atoms with E-state index in [0.717, 1.165) is 36.9 Å². The van der Waals surface area contributed by atoms with Crippen molar-refractivity contribution in [3.8, 4) is 0 Å². The van der Waals surface area contributed by atoms with E-state index in [1.54, 1.807) is 35.3 Å². The monoisotopic (exact) mass is 813 g/mol. The van der Waals surface area contributed by atoms with Gasteiger partial charge in [-0.2, -0.15) is 0 Å². The molecule has 0 aliphatic carbocycles. The van der Waals surface area contributed by atoms with Gasteiger partial charge < -0.3 is 15.3 Å². The highest BCUT2D eigenvalue weighted by molar-refractivity contribution is 8.00. The molecule has 0 heterocycles. The van der Waals surface area contributed by atoms with Gasteiger partial charge in [-0.15, -0.1) is 0 Å². The maximum Gasteiger partial charge on any atom is 0.307 e.